The maximum atomic E-state index is 12.3. The van der Waals surface area contributed by atoms with Crippen LogP contribution in [0.4, 0.5) is 11.4 Å². The van der Waals surface area contributed by atoms with Gasteiger partial charge in [-0.2, -0.15) is 0 Å². The van der Waals surface area contributed by atoms with E-state index in [0.29, 0.717) is 25.1 Å². The zero-order valence-electron chi connectivity index (χ0n) is 11.2. The van der Waals surface area contributed by atoms with E-state index in [1.807, 2.05) is 0 Å². The summed E-state index contributed by atoms with van der Waals surface area (Å²) in [5, 5.41) is 10.8. The number of Topliss-reactive ketones (excluding diaryl/α,β-unsaturated/α-hetero) is 1. The molecule has 2 rings (SSSR count). The summed E-state index contributed by atoms with van der Waals surface area (Å²) in [5.41, 5.74) is 0.428. The fourth-order valence-corrected chi connectivity index (χ4v) is 2.45. The van der Waals surface area contributed by atoms with Crippen molar-refractivity contribution in [1.82, 2.24) is 0 Å². The summed E-state index contributed by atoms with van der Waals surface area (Å²) in [6, 6.07) is 5.96. The summed E-state index contributed by atoms with van der Waals surface area (Å²) in [4.78, 5) is 35.9. The molecule has 1 aromatic carbocycles. The molecule has 1 aliphatic heterocycles. The van der Waals surface area contributed by atoms with E-state index >= 15 is 0 Å². The van der Waals surface area contributed by atoms with Crippen LogP contribution in [-0.4, -0.2) is 23.2 Å². The first kappa shape index (κ1) is 14.2. The molecular formula is C14H16N2O4. The third-order valence-corrected chi connectivity index (χ3v) is 3.53. The smallest absolute Gasteiger partial charge is 0.271 e. The number of carbonyl (C=O) groups is 2. The van der Waals surface area contributed by atoms with Gasteiger partial charge in [-0.25, -0.2) is 0 Å². The summed E-state index contributed by atoms with van der Waals surface area (Å²) < 4.78 is 0. The molecule has 6 nitrogen and oxygen atoms in total. The quantitative estimate of drug-likeness (QED) is 0.480. The molecule has 1 atom stereocenters. The summed E-state index contributed by atoms with van der Waals surface area (Å²) >= 11 is 0. The van der Waals surface area contributed by atoms with Gasteiger partial charge in [0.1, 0.15) is 5.78 Å². The molecule has 0 bridgehead atoms. The Hall–Kier alpha value is -2.24. The van der Waals surface area contributed by atoms with Gasteiger partial charge in [0, 0.05) is 25.1 Å². The fourth-order valence-electron chi connectivity index (χ4n) is 2.45. The Kier molecular flexibility index (Phi) is 4.12. The van der Waals surface area contributed by atoms with Crippen molar-refractivity contribution in [2.45, 2.75) is 26.2 Å². The van der Waals surface area contributed by atoms with E-state index in [0.717, 1.165) is 6.42 Å². The predicted octanol–water partition coefficient (Wildman–Crippen LogP) is 2.32. The maximum Gasteiger partial charge on any atom is 0.271 e. The van der Waals surface area contributed by atoms with Crippen LogP contribution < -0.4 is 4.90 Å². The number of benzene rings is 1. The Balaban J connectivity index is 2.28. The lowest BCUT2D eigenvalue weighted by atomic mass is 9.91. The number of nitro groups is 1. The molecule has 0 radical (unpaired) electrons. The average molecular weight is 276 g/mol. The van der Waals surface area contributed by atoms with Crippen molar-refractivity contribution >= 4 is 23.1 Å². The highest BCUT2D eigenvalue weighted by Gasteiger charge is 2.33. The number of piperidine rings is 1. The van der Waals surface area contributed by atoms with Crippen LogP contribution in [0.1, 0.15) is 26.2 Å². The first-order chi connectivity index (χ1) is 9.54. The minimum absolute atomic E-state index is 0.0563. The van der Waals surface area contributed by atoms with Crippen LogP contribution in [0.5, 0.6) is 0 Å². The molecular weight excluding hydrogens is 260 g/mol. The summed E-state index contributed by atoms with van der Waals surface area (Å²) in [6.07, 6.45) is 1.63. The number of nitro benzene ring substituents is 1. The van der Waals surface area contributed by atoms with Crippen molar-refractivity contribution in [2.24, 2.45) is 5.92 Å². The Morgan fingerprint density at radius 1 is 1.50 bits per heavy atom. The van der Waals surface area contributed by atoms with Crippen molar-refractivity contribution in [3.63, 3.8) is 0 Å². The van der Waals surface area contributed by atoms with Crippen LogP contribution in [0.3, 0.4) is 0 Å². The van der Waals surface area contributed by atoms with Gasteiger partial charge in [-0.3, -0.25) is 19.7 Å². The Labute approximate surface area is 116 Å². The van der Waals surface area contributed by atoms with Crippen LogP contribution in [0.2, 0.25) is 0 Å². The van der Waals surface area contributed by atoms with Crippen LogP contribution in [-0.2, 0) is 9.59 Å². The normalized spacial score (nSPS) is 18.9. The Morgan fingerprint density at radius 3 is 2.90 bits per heavy atom. The van der Waals surface area contributed by atoms with Crippen molar-refractivity contribution in [3.8, 4) is 0 Å². The number of hydrogen-bond donors (Lipinski definition) is 0. The molecule has 1 aliphatic rings. The number of amides is 1. The van der Waals surface area contributed by atoms with E-state index in [9.17, 15) is 19.7 Å². The number of hydrogen-bond acceptors (Lipinski definition) is 4. The largest absolute Gasteiger partial charge is 0.312 e. The molecule has 0 N–H and O–H groups in total. The molecule has 20 heavy (non-hydrogen) atoms. The van der Waals surface area contributed by atoms with Gasteiger partial charge in [-0.1, -0.05) is 13.0 Å². The first-order valence-corrected chi connectivity index (χ1v) is 6.63. The number of rotatable bonds is 4. The van der Waals surface area contributed by atoms with Gasteiger partial charge in [-0.15, -0.1) is 0 Å². The number of nitrogens with zero attached hydrogens (tertiary/aromatic N) is 2. The van der Waals surface area contributed by atoms with Gasteiger partial charge in [0.05, 0.1) is 16.5 Å². The number of anilines is 1. The standard InChI is InChI=1S/C14H16N2O4/c1-2-13(17)12-7-4-8-15(14(12)18)10-5-3-6-11(9-10)16(19)20/h3,5-6,9,12H,2,4,7-8H2,1H3/t12-/m0/s1. The van der Waals surface area contributed by atoms with Gasteiger partial charge < -0.3 is 4.90 Å². The molecule has 106 valence electrons. The van der Waals surface area contributed by atoms with E-state index < -0.39 is 10.8 Å². The lowest BCUT2D eigenvalue weighted by Crippen LogP contribution is -2.44. The van der Waals surface area contributed by atoms with E-state index in [-0.39, 0.29) is 17.4 Å². The SMILES string of the molecule is CCC(=O)[C@@H]1CCCN(c2cccc([N+](=O)[O-])c2)C1=O. The average Bonchev–Trinajstić information content (AvgIpc) is 2.46. The number of carbonyl (C=O) groups excluding carboxylic acids is 2. The molecule has 1 aromatic rings. The highest BCUT2D eigenvalue weighted by molar-refractivity contribution is 6.09. The minimum atomic E-state index is -0.604. The summed E-state index contributed by atoms with van der Waals surface area (Å²) in [6.45, 7) is 2.23. The third kappa shape index (κ3) is 2.68. The van der Waals surface area contributed by atoms with E-state index in [2.05, 4.69) is 0 Å². The second-order valence-corrected chi connectivity index (χ2v) is 4.78. The highest BCUT2D eigenvalue weighted by atomic mass is 16.6. The van der Waals surface area contributed by atoms with Crippen molar-refractivity contribution in [3.05, 3.63) is 34.4 Å². The topological polar surface area (TPSA) is 80.5 Å². The first-order valence-electron chi connectivity index (χ1n) is 6.63. The molecule has 6 heteroatoms. The minimum Gasteiger partial charge on any atom is -0.312 e. The van der Waals surface area contributed by atoms with Crippen LogP contribution in [0.15, 0.2) is 24.3 Å². The number of ketones is 1. The highest BCUT2D eigenvalue weighted by Crippen LogP contribution is 2.28. The second kappa shape index (κ2) is 5.81. The van der Waals surface area contributed by atoms with Gasteiger partial charge in [0.15, 0.2) is 0 Å². The number of non-ortho nitro benzene ring substituents is 1. The van der Waals surface area contributed by atoms with Crippen LogP contribution in [0.25, 0.3) is 0 Å². The zero-order valence-corrected chi connectivity index (χ0v) is 11.2. The predicted molar refractivity (Wildman–Crippen MR) is 73.5 cm³/mol. The van der Waals surface area contributed by atoms with Gasteiger partial charge in [0.25, 0.3) is 5.69 Å². The Bertz CT molecular complexity index is 556. The molecule has 1 amide bonds. The van der Waals surface area contributed by atoms with E-state index in [4.69, 9.17) is 0 Å². The van der Waals surface area contributed by atoms with Gasteiger partial charge in [0.2, 0.25) is 5.91 Å². The van der Waals surface area contributed by atoms with Gasteiger partial charge in [-0.05, 0) is 18.9 Å². The van der Waals surface area contributed by atoms with Crippen molar-refractivity contribution < 1.29 is 14.5 Å². The Morgan fingerprint density at radius 2 is 2.25 bits per heavy atom. The monoisotopic (exact) mass is 276 g/mol. The van der Waals surface area contributed by atoms with Crippen molar-refractivity contribution in [1.29, 1.82) is 0 Å². The van der Waals surface area contributed by atoms with Crippen LogP contribution >= 0.6 is 0 Å². The second-order valence-electron chi connectivity index (χ2n) is 4.78. The van der Waals surface area contributed by atoms with Gasteiger partial charge >= 0.3 is 0 Å². The molecule has 1 saturated heterocycles. The lowest BCUT2D eigenvalue weighted by Gasteiger charge is -2.31. The molecule has 1 heterocycles. The molecule has 1 fully saturated rings. The summed E-state index contributed by atoms with van der Waals surface area (Å²) in [7, 11) is 0. The molecule has 0 aromatic heterocycles. The van der Waals surface area contributed by atoms with E-state index in [1.165, 1.54) is 17.0 Å². The lowest BCUT2D eigenvalue weighted by molar-refractivity contribution is -0.384. The zero-order chi connectivity index (χ0) is 14.7. The van der Waals surface area contributed by atoms with Crippen molar-refractivity contribution in [2.75, 3.05) is 11.4 Å². The molecule has 0 spiro atoms. The van der Waals surface area contributed by atoms with E-state index in [1.54, 1.807) is 19.1 Å². The molecule has 0 unspecified atom stereocenters. The molecule has 0 saturated carbocycles. The fraction of sp³-hybridized carbons (Fsp3) is 0.429. The maximum absolute atomic E-state index is 12.3. The third-order valence-electron chi connectivity index (χ3n) is 3.53. The summed E-state index contributed by atoms with van der Waals surface area (Å²) in [5.74, 6) is -0.915. The molecule has 0 aliphatic carbocycles. The van der Waals surface area contributed by atoms with Crippen LogP contribution in [0, 0.1) is 16.0 Å².